The standard InChI is InChI=1S/C13H28O5P2/c1-12(2)9-7-5-3-4-6-8-10-13(19(15)11-14)20(16,17)18/h9,13-14,19H,3-8,10-11H2,1-2H3,(H2,16,17,18). The molecule has 0 heterocycles. The summed E-state index contributed by atoms with van der Waals surface area (Å²) in [5, 5.41) is 7.65. The van der Waals surface area contributed by atoms with Crippen LogP contribution in [0.25, 0.3) is 0 Å². The van der Waals surface area contributed by atoms with Crippen LogP contribution < -0.4 is 0 Å². The Kier molecular flexibility index (Phi) is 10.8. The van der Waals surface area contributed by atoms with E-state index in [1.54, 1.807) is 0 Å². The maximum absolute atomic E-state index is 11.5. The molecule has 0 radical (unpaired) electrons. The molecule has 2 unspecified atom stereocenters. The van der Waals surface area contributed by atoms with Crippen molar-refractivity contribution in [2.24, 2.45) is 0 Å². The highest BCUT2D eigenvalue weighted by atomic mass is 31.2. The lowest BCUT2D eigenvalue weighted by atomic mass is 10.1. The fourth-order valence-corrected chi connectivity index (χ4v) is 5.03. The van der Waals surface area contributed by atoms with Crippen molar-refractivity contribution in [1.29, 1.82) is 0 Å². The Morgan fingerprint density at radius 1 is 1.15 bits per heavy atom. The van der Waals surface area contributed by atoms with Crippen molar-refractivity contribution in [3.63, 3.8) is 0 Å². The van der Waals surface area contributed by atoms with Crippen LogP contribution >= 0.6 is 15.4 Å². The highest BCUT2D eigenvalue weighted by Gasteiger charge is 2.32. The van der Waals surface area contributed by atoms with Crippen LogP contribution in [0.1, 0.15) is 58.8 Å². The molecule has 0 rings (SSSR count). The Balaban J connectivity index is 3.83. The Labute approximate surface area is 122 Å². The van der Waals surface area contributed by atoms with Crippen LogP contribution in [0.15, 0.2) is 11.6 Å². The first-order valence-electron chi connectivity index (χ1n) is 7.11. The topological polar surface area (TPSA) is 94.8 Å². The highest BCUT2D eigenvalue weighted by Crippen LogP contribution is 2.55. The van der Waals surface area contributed by atoms with Gasteiger partial charge in [-0.05, 0) is 33.1 Å². The molecular formula is C13H28O5P2. The molecule has 0 amide bonds. The van der Waals surface area contributed by atoms with Gasteiger partial charge in [0.15, 0.2) is 0 Å². The van der Waals surface area contributed by atoms with Crippen molar-refractivity contribution in [1.82, 2.24) is 0 Å². The molecule has 0 bridgehead atoms. The predicted molar refractivity (Wildman–Crippen MR) is 83.7 cm³/mol. The third kappa shape index (κ3) is 9.90. The normalized spacial score (nSPS) is 14.8. The van der Waals surface area contributed by atoms with Gasteiger partial charge in [-0.2, -0.15) is 0 Å². The third-order valence-corrected chi connectivity index (χ3v) is 7.45. The van der Waals surface area contributed by atoms with Crippen LogP contribution in [0.4, 0.5) is 0 Å². The van der Waals surface area contributed by atoms with Crippen molar-refractivity contribution >= 4 is 15.4 Å². The van der Waals surface area contributed by atoms with Crippen LogP contribution in [-0.2, 0) is 9.13 Å². The average molecular weight is 326 g/mol. The Hall–Kier alpha value is 0.0800. The fourth-order valence-electron chi connectivity index (χ4n) is 2.03. The van der Waals surface area contributed by atoms with Gasteiger partial charge in [0.1, 0.15) is 13.2 Å². The van der Waals surface area contributed by atoms with Gasteiger partial charge in [0.2, 0.25) is 0 Å². The van der Waals surface area contributed by atoms with Gasteiger partial charge in [0.25, 0.3) is 0 Å². The number of unbranched alkanes of at least 4 members (excludes halogenated alkanes) is 5. The van der Waals surface area contributed by atoms with Crippen LogP contribution in [0, 0.1) is 0 Å². The SMILES string of the molecule is CC(C)=CCCCCCCCC([PH](=O)CO)P(=O)(O)O. The summed E-state index contributed by atoms with van der Waals surface area (Å²) in [6, 6.07) is 0. The fraction of sp³-hybridized carbons (Fsp3) is 0.846. The predicted octanol–water partition coefficient (Wildman–Crippen LogP) is 3.70. The molecule has 0 spiro atoms. The lowest BCUT2D eigenvalue weighted by Gasteiger charge is -2.16. The van der Waals surface area contributed by atoms with E-state index in [-0.39, 0.29) is 6.42 Å². The number of aliphatic hydroxyl groups excluding tert-OH is 1. The molecule has 20 heavy (non-hydrogen) atoms. The van der Waals surface area contributed by atoms with Crippen LogP contribution in [0.3, 0.4) is 0 Å². The first-order valence-corrected chi connectivity index (χ1v) is 10.5. The van der Waals surface area contributed by atoms with E-state index in [2.05, 4.69) is 19.9 Å². The minimum atomic E-state index is -4.36. The van der Waals surface area contributed by atoms with Gasteiger partial charge in [0, 0.05) is 0 Å². The second-order valence-electron chi connectivity index (χ2n) is 5.36. The molecule has 0 aromatic rings. The van der Waals surface area contributed by atoms with Crippen LogP contribution in [0.5, 0.6) is 0 Å². The van der Waals surface area contributed by atoms with Crippen molar-refractivity contribution in [2.45, 2.75) is 64.2 Å². The van der Waals surface area contributed by atoms with Gasteiger partial charge in [-0.25, -0.2) is 0 Å². The highest BCUT2D eigenvalue weighted by molar-refractivity contribution is 7.67. The summed E-state index contributed by atoms with van der Waals surface area (Å²) in [6.45, 7) is 4.15. The lowest BCUT2D eigenvalue weighted by Crippen LogP contribution is -2.05. The molecule has 5 nitrogen and oxygen atoms in total. The molecule has 0 aliphatic carbocycles. The van der Waals surface area contributed by atoms with Gasteiger partial charge in [-0.3, -0.25) is 4.57 Å². The van der Waals surface area contributed by atoms with Crippen molar-refractivity contribution in [2.75, 3.05) is 6.35 Å². The van der Waals surface area contributed by atoms with E-state index in [4.69, 9.17) is 14.9 Å². The molecule has 0 aromatic carbocycles. The molecular weight excluding hydrogens is 298 g/mol. The molecule has 0 fully saturated rings. The molecule has 2 atom stereocenters. The monoisotopic (exact) mass is 326 g/mol. The molecule has 120 valence electrons. The Morgan fingerprint density at radius 3 is 2.20 bits per heavy atom. The third-order valence-electron chi connectivity index (χ3n) is 3.17. The van der Waals surface area contributed by atoms with Gasteiger partial charge in [-0.1, -0.05) is 37.3 Å². The number of hydrogen-bond acceptors (Lipinski definition) is 3. The minimum absolute atomic E-state index is 0.233. The molecule has 0 aliphatic heterocycles. The molecule has 0 aliphatic rings. The first-order chi connectivity index (χ1) is 9.29. The average Bonchev–Trinajstić information content (AvgIpc) is 2.34. The van der Waals surface area contributed by atoms with E-state index in [1.165, 1.54) is 5.57 Å². The number of aliphatic hydroxyl groups is 1. The minimum Gasteiger partial charge on any atom is -0.389 e. The summed E-state index contributed by atoms with van der Waals surface area (Å²) in [5.74, 6) is 0. The zero-order chi connectivity index (χ0) is 15.6. The van der Waals surface area contributed by atoms with Gasteiger partial charge in [0.05, 0.1) is 6.35 Å². The summed E-state index contributed by atoms with van der Waals surface area (Å²) in [7, 11) is -6.96. The van der Waals surface area contributed by atoms with E-state index < -0.39 is 27.1 Å². The lowest BCUT2D eigenvalue weighted by molar-refractivity contribution is 0.349. The quantitative estimate of drug-likeness (QED) is 0.306. The maximum atomic E-state index is 11.5. The molecule has 0 saturated heterocycles. The van der Waals surface area contributed by atoms with Crippen LogP contribution in [-0.4, -0.2) is 26.6 Å². The van der Waals surface area contributed by atoms with Gasteiger partial charge < -0.3 is 19.5 Å². The Bertz CT molecular complexity index is 358. The van der Waals surface area contributed by atoms with E-state index >= 15 is 0 Å². The van der Waals surface area contributed by atoms with Gasteiger partial charge >= 0.3 is 7.60 Å². The summed E-state index contributed by atoms with van der Waals surface area (Å²) in [6.07, 6.45) is 7.66. The zero-order valence-corrected chi connectivity index (χ0v) is 14.3. The number of hydrogen-bond donors (Lipinski definition) is 3. The molecule has 0 aromatic heterocycles. The molecule has 3 N–H and O–H groups in total. The Morgan fingerprint density at radius 2 is 1.70 bits per heavy atom. The second-order valence-corrected chi connectivity index (χ2v) is 9.59. The van der Waals surface area contributed by atoms with E-state index in [0.29, 0.717) is 6.42 Å². The maximum Gasteiger partial charge on any atom is 0.335 e. The van der Waals surface area contributed by atoms with Crippen molar-refractivity contribution < 1.29 is 24.0 Å². The van der Waals surface area contributed by atoms with E-state index in [1.807, 2.05) is 0 Å². The van der Waals surface area contributed by atoms with E-state index in [0.717, 1.165) is 32.1 Å². The van der Waals surface area contributed by atoms with Gasteiger partial charge in [-0.15, -0.1) is 0 Å². The molecule has 0 saturated carbocycles. The zero-order valence-electron chi connectivity index (χ0n) is 12.4. The van der Waals surface area contributed by atoms with E-state index in [9.17, 15) is 9.13 Å². The largest absolute Gasteiger partial charge is 0.389 e. The summed E-state index contributed by atoms with van der Waals surface area (Å²) < 4.78 is 22.7. The molecule has 7 heteroatoms. The number of rotatable bonds is 11. The number of allylic oxidation sites excluding steroid dienone is 2. The smallest absolute Gasteiger partial charge is 0.335 e. The second kappa shape index (κ2) is 10.8. The van der Waals surface area contributed by atoms with Crippen molar-refractivity contribution in [3.8, 4) is 0 Å². The first kappa shape index (κ1) is 20.1. The summed E-state index contributed by atoms with van der Waals surface area (Å²) >= 11 is 0. The van der Waals surface area contributed by atoms with Crippen molar-refractivity contribution in [3.05, 3.63) is 11.6 Å². The summed E-state index contributed by atoms with van der Waals surface area (Å²) in [4.78, 5) is 18.2. The van der Waals surface area contributed by atoms with Crippen LogP contribution in [0.2, 0.25) is 0 Å². The summed E-state index contributed by atoms with van der Waals surface area (Å²) in [5.41, 5.74) is 1.32.